The quantitative estimate of drug-likeness (QED) is 0.861. The Balaban J connectivity index is 2.76. The van der Waals surface area contributed by atoms with Crippen molar-refractivity contribution in [2.45, 2.75) is 6.92 Å². The van der Waals surface area contributed by atoms with Crippen LogP contribution in [0.1, 0.15) is 17.3 Å². The predicted octanol–water partition coefficient (Wildman–Crippen LogP) is 3.12. The van der Waals surface area contributed by atoms with Crippen molar-refractivity contribution in [2.24, 2.45) is 0 Å². The largest absolute Gasteiger partial charge is 0.462 e. The number of hydrogen-bond acceptors (Lipinski definition) is 3. The summed E-state index contributed by atoms with van der Waals surface area (Å²) in [4.78, 5) is 26.7. The van der Waals surface area contributed by atoms with Crippen LogP contribution in [0.25, 0.3) is 10.9 Å². The monoisotopic (exact) mass is 329 g/mol. The first-order chi connectivity index (χ1) is 8.56. The second kappa shape index (κ2) is 5.12. The lowest BCUT2D eigenvalue weighted by Crippen LogP contribution is -2.18. The van der Waals surface area contributed by atoms with E-state index in [0.717, 1.165) is 0 Å². The lowest BCUT2D eigenvalue weighted by molar-refractivity contribution is 0.0524. The Kier molecular flexibility index (Phi) is 3.73. The number of aromatic nitrogens is 1. The van der Waals surface area contributed by atoms with Gasteiger partial charge in [-0.3, -0.25) is 4.79 Å². The van der Waals surface area contributed by atoms with Crippen LogP contribution in [0, 0.1) is 0 Å². The van der Waals surface area contributed by atoms with Gasteiger partial charge in [0.05, 0.1) is 22.5 Å². The van der Waals surface area contributed by atoms with Crippen molar-refractivity contribution in [1.82, 2.24) is 4.98 Å². The summed E-state index contributed by atoms with van der Waals surface area (Å²) in [7, 11) is 0. The summed E-state index contributed by atoms with van der Waals surface area (Å²) in [6.45, 7) is 1.90. The zero-order chi connectivity index (χ0) is 13.3. The minimum atomic E-state index is -0.646. The Hall–Kier alpha value is -1.33. The maximum absolute atomic E-state index is 12.2. The van der Waals surface area contributed by atoms with E-state index in [-0.39, 0.29) is 12.2 Å². The van der Waals surface area contributed by atoms with Crippen molar-refractivity contribution in [3.63, 3.8) is 0 Å². The highest BCUT2D eigenvalue weighted by Crippen LogP contribution is 2.26. The van der Waals surface area contributed by atoms with Gasteiger partial charge in [-0.05, 0) is 35.0 Å². The fourth-order valence-corrected chi connectivity index (χ4v) is 2.34. The van der Waals surface area contributed by atoms with Gasteiger partial charge >= 0.3 is 5.97 Å². The first-order valence-corrected chi connectivity index (χ1v) is 6.40. The van der Waals surface area contributed by atoms with Gasteiger partial charge in [-0.25, -0.2) is 4.79 Å². The number of fused-ring (bicyclic) bond motifs is 1. The molecule has 1 aromatic heterocycles. The van der Waals surface area contributed by atoms with Crippen LogP contribution in [0.5, 0.6) is 0 Å². The topological polar surface area (TPSA) is 59.2 Å². The maximum Gasteiger partial charge on any atom is 0.343 e. The van der Waals surface area contributed by atoms with Gasteiger partial charge in [0.2, 0.25) is 5.43 Å². The number of carbonyl (C=O) groups is 1. The van der Waals surface area contributed by atoms with Gasteiger partial charge in [0.15, 0.2) is 0 Å². The number of carbonyl (C=O) groups excluding carboxylic acids is 1. The number of benzene rings is 1. The molecule has 0 fully saturated rings. The molecular formula is C12H9BrClNO3. The highest BCUT2D eigenvalue weighted by Gasteiger charge is 2.16. The van der Waals surface area contributed by atoms with Gasteiger partial charge in [-0.2, -0.15) is 0 Å². The minimum Gasteiger partial charge on any atom is -0.462 e. The number of pyridine rings is 1. The molecule has 0 unspecified atom stereocenters. The van der Waals surface area contributed by atoms with Crippen LogP contribution in [0.3, 0.4) is 0 Å². The number of aromatic amines is 1. The van der Waals surface area contributed by atoms with Gasteiger partial charge in [-0.15, -0.1) is 0 Å². The molecule has 0 saturated carbocycles. The van der Waals surface area contributed by atoms with E-state index in [4.69, 9.17) is 16.3 Å². The lowest BCUT2D eigenvalue weighted by atomic mass is 10.1. The molecule has 0 aliphatic rings. The zero-order valence-corrected chi connectivity index (χ0v) is 11.8. The highest BCUT2D eigenvalue weighted by molar-refractivity contribution is 9.10. The van der Waals surface area contributed by atoms with Crippen molar-refractivity contribution in [2.75, 3.05) is 6.61 Å². The Labute approximate surface area is 116 Å². The van der Waals surface area contributed by atoms with Crippen molar-refractivity contribution in [1.29, 1.82) is 0 Å². The second-order valence-electron chi connectivity index (χ2n) is 3.53. The third-order valence-electron chi connectivity index (χ3n) is 2.43. The van der Waals surface area contributed by atoms with Crippen LogP contribution in [0.4, 0.5) is 0 Å². The first kappa shape index (κ1) is 13.1. The van der Waals surface area contributed by atoms with Crippen molar-refractivity contribution >= 4 is 44.4 Å². The molecule has 94 valence electrons. The second-order valence-corrected chi connectivity index (χ2v) is 4.79. The van der Waals surface area contributed by atoms with E-state index in [1.807, 2.05) is 0 Å². The number of ether oxygens (including phenoxy) is 1. The Morgan fingerprint density at radius 1 is 1.50 bits per heavy atom. The van der Waals surface area contributed by atoms with Crippen molar-refractivity contribution in [3.05, 3.63) is 43.6 Å². The summed E-state index contributed by atoms with van der Waals surface area (Å²) in [6.07, 6.45) is 1.32. The van der Waals surface area contributed by atoms with Gasteiger partial charge in [0, 0.05) is 10.7 Å². The standard InChI is InChI=1S/C12H9BrClNO3/c1-2-18-12(17)6-5-15-10-8(14)4-3-7(13)9(10)11(6)16/h3-5H,2H2,1H3,(H,15,16). The molecule has 0 aliphatic carbocycles. The number of nitrogens with one attached hydrogen (secondary N) is 1. The number of H-pyrrole nitrogens is 1. The third-order valence-corrected chi connectivity index (χ3v) is 3.41. The van der Waals surface area contributed by atoms with Crippen LogP contribution >= 0.6 is 27.5 Å². The molecule has 2 aromatic rings. The molecule has 1 heterocycles. The molecule has 6 heteroatoms. The molecule has 0 spiro atoms. The minimum absolute atomic E-state index is 0.0349. The number of halogens is 2. The molecule has 1 N–H and O–H groups in total. The molecular weight excluding hydrogens is 321 g/mol. The Morgan fingerprint density at radius 3 is 2.89 bits per heavy atom. The fourth-order valence-electron chi connectivity index (χ4n) is 1.62. The SMILES string of the molecule is CCOC(=O)c1c[nH]c2c(Cl)ccc(Br)c2c1=O. The van der Waals surface area contributed by atoms with Crippen LogP contribution < -0.4 is 5.43 Å². The summed E-state index contributed by atoms with van der Waals surface area (Å²) in [5.74, 6) is -0.646. The average molecular weight is 331 g/mol. The van der Waals surface area contributed by atoms with Crippen molar-refractivity contribution in [3.8, 4) is 0 Å². The van der Waals surface area contributed by atoms with Crippen molar-refractivity contribution < 1.29 is 9.53 Å². The van der Waals surface area contributed by atoms with Crippen LogP contribution in [0.2, 0.25) is 5.02 Å². The molecule has 1 aromatic carbocycles. The molecule has 0 saturated heterocycles. The van der Waals surface area contributed by atoms with Crippen LogP contribution in [-0.4, -0.2) is 17.6 Å². The van der Waals surface area contributed by atoms with E-state index in [0.29, 0.717) is 20.4 Å². The Morgan fingerprint density at radius 2 is 2.22 bits per heavy atom. The number of hydrogen-bond donors (Lipinski definition) is 1. The molecule has 0 amide bonds. The summed E-state index contributed by atoms with van der Waals surface area (Å²) < 4.78 is 5.40. The van der Waals surface area contributed by atoms with E-state index in [1.54, 1.807) is 19.1 Å². The van der Waals surface area contributed by atoms with Gasteiger partial charge in [-0.1, -0.05) is 11.6 Å². The maximum atomic E-state index is 12.2. The highest BCUT2D eigenvalue weighted by atomic mass is 79.9. The van der Waals surface area contributed by atoms with Gasteiger partial charge in [0.1, 0.15) is 5.56 Å². The van der Waals surface area contributed by atoms with Crippen LogP contribution in [0.15, 0.2) is 27.6 Å². The van der Waals surface area contributed by atoms with E-state index in [2.05, 4.69) is 20.9 Å². The molecule has 0 aliphatic heterocycles. The molecule has 0 radical (unpaired) electrons. The molecule has 2 rings (SSSR count). The summed E-state index contributed by atoms with van der Waals surface area (Å²) in [5, 5.41) is 0.758. The molecule has 18 heavy (non-hydrogen) atoms. The van der Waals surface area contributed by atoms with E-state index < -0.39 is 11.4 Å². The van der Waals surface area contributed by atoms with E-state index in [9.17, 15) is 9.59 Å². The van der Waals surface area contributed by atoms with Gasteiger partial charge in [0.25, 0.3) is 0 Å². The smallest absolute Gasteiger partial charge is 0.343 e. The number of rotatable bonds is 2. The molecule has 0 atom stereocenters. The fraction of sp³-hybridized carbons (Fsp3) is 0.167. The lowest BCUT2D eigenvalue weighted by Gasteiger charge is -2.05. The average Bonchev–Trinajstić information content (AvgIpc) is 2.34. The van der Waals surface area contributed by atoms with Gasteiger partial charge < -0.3 is 9.72 Å². The zero-order valence-electron chi connectivity index (χ0n) is 9.42. The van der Waals surface area contributed by atoms with E-state index in [1.165, 1.54) is 6.20 Å². The summed E-state index contributed by atoms with van der Waals surface area (Å²) >= 11 is 9.26. The summed E-state index contributed by atoms with van der Waals surface area (Å²) in [5.41, 5.74) is 0.0491. The third kappa shape index (κ3) is 2.15. The predicted molar refractivity (Wildman–Crippen MR) is 73.2 cm³/mol. The molecule has 4 nitrogen and oxygen atoms in total. The van der Waals surface area contributed by atoms with Crippen LogP contribution in [-0.2, 0) is 4.74 Å². The summed E-state index contributed by atoms with van der Waals surface area (Å²) in [6, 6.07) is 3.32. The normalized spacial score (nSPS) is 10.6. The molecule has 0 bridgehead atoms. The first-order valence-electron chi connectivity index (χ1n) is 5.22. The Bertz CT molecular complexity index is 681. The number of esters is 1. The van der Waals surface area contributed by atoms with E-state index >= 15 is 0 Å².